The first-order valence-corrected chi connectivity index (χ1v) is 8.64. The van der Waals surface area contributed by atoms with Crippen LogP contribution in [-0.2, 0) is 17.9 Å². The van der Waals surface area contributed by atoms with E-state index in [2.05, 4.69) is 15.0 Å². The maximum absolute atomic E-state index is 12.9. The fourth-order valence-electron chi connectivity index (χ4n) is 2.99. The molecule has 2 aromatic rings. The number of aromatic nitrogens is 2. The van der Waals surface area contributed by atoms with E-state index < -0.39 is 0 Å². The van der Waals surface area contributed by atoms with E-state index in [1.54, 1.807) is 31.1 Å². The SMILES string of the molecule is CN(C)C(=O)C1CCN(Cc2nc(COc3ccc(F)cc3)no2)CC1. The number of hydrogen-bond donors (Lipinski definition) is 0. The normalized spacial score (nSPS) is 15.8. The Kier molecular flexibility index (Phi) is 5.82. The monoisotopic (exact) mass is 362 g/mol. The van der Waals surface area contributed by atoms with Crippen LogP contribution in [-0.4, -0.2) is 53.0 Å². The summed E-state index contributed by atoms with van der Waals surface area (Å²) in [4.78, 5) is 20.2. The van der Waals surface area contributed by atoms with E-state index >= 15 is 0 Å². The standard InChI is InChI=1S/C18H23FN4O3/c1-22(2)18(24)13-7-9-23(10-8-13)11-17-20-16(21-26-17)12-25-15-5-3-14(19)4-6-15/h3-6,13H,7-12H2,1-2H3. The quantitative estimate of drug-likeness (QED) is 0.784. The van der Waals surface area contributed by atoms with Crippen molar-refractivity contribution in [2.45, 2.75) is 26.0 Å². The van der Waals surface area contributed by atoms with Crippen molar-refractivity contribution in [1.29, 1.82) is 0 Å². The van der Waals surface area contributed by atoms with Gasteiger partial charge in [0, 0.05) is 20.0 Å². The second-order valence-electron chi connectivity index (χ2n) is 6.63. The van der Waals surface area contributed by atoms with Gasteiger partial charge in [-0.15, -0.1) is 0 Å². The number of ether oxygens (including phenoxy) is 1. The summed E-state index contributed by atoms with van der Waals surface area (Å²) in [6.45, 7) is 2.38. The number of carbonyl (C=O) groups excluding carboxylic acids is 1. The van der Waals surface area contributed by atoms with Crippen LogP contribution in [0.2, 0.25) is 0 Å². The summed E-state index contributed by atoms with van der Waals surface area (Å²) in [5.74, 6) is 1.51. The Hall–Kier alpha value is -2.48. The van der Waals surface area contributed by atoms with Crippen LogP contribution in [0.25, 0.3) is 0 Å². The van der Waals surface area contributed by atoms with Crippen molar-refractivity contribution in [3.8, 4) is 5.75 Å². The highest BCUT2D eigenvalue weighted by molar-refractivity contribution is 5.78. The first kappa shape index (κ1) is 18.3. The Morgan fingerprint density at radius 2 is 2.00 bits per heavy atom. The molecule has 8 heteroatoms. The molecule has 1 saturated heterocycles. The molecule has 0 N–H and O–H groups in total. The van der Waals surface area contributed by atoms with Crippen molar-refractivity contribution in [3.63, 3.8) is 0 Å². The van der Waals surface area contributed by atoms with Gasteiger partial charge in [0.25, 0.3) is 0 Å². The van der Waals surface area contributed by atoms with Crippen LogP contribution in [0, 0.1) is 11.7 Å². The third-order valence-electron chi connectivity index (χ3n) is 4.43. The minimum absolute atomic E-state index is 0.101. The molecule has 0 saturated carbocycles. The summed E-state index contributed by atoms with van der Waals surface area (Å²) in [5, 5.41) is 3.91. The Labute approximate surface area is 151 Å². The molecule has 0 unspecified atom stereocenters. The number of halogens is 1. The number of carbonyl (C=O) groups is 1. The first-order valence-electron chi connectivity index (χ1n) is 8.64. The van der Waals surface area contributed by atoms with Crippen LogP contribution < -0.4 is 4.74 Å². The fraction of sp³-hybridized carbons (Fsp3) is 0.500. The highest BCUT2D eigenvalue weighted by Gasteiger charge is 2.26. The lowest BCUT2D eigenvalue weighted by atomic mass is 9.95. The predicted molar refractivity (Wildman–Crippen MR) is 91.7 cm³/mol. The summed E-state index contributed by atoms with van der Waals surface area (Å²) < 4.78 is 23.6. The molecule has 1 aliphatic heterocycles. The molecule has 140 valence electrons. The number of amides is 1. The highest BCUT2D eigenvalue weighted by atomic mass is 19.1. The van der Waals surface area contributed by atoms with Gasteiger partial charge in [-0.2, -0.15) is 4.98 Å². The van der Waals surface area contributed by atoms with Crippen molar-refractivity contribution in [2.75, 3.05) is 27.2 Å². The van der Waals surface area contributed by atoms with Crippen LogP contribution in [0.15, 0.2) is 28.8 Å². The van der Waals surface area contributed by atoms with Gasteiger partial charge in [-0.3, -0.25) is 9.69 Å². The van der Waals surface area contributed by atoms with E-state index in [1.165, 1.54) is 12.1 Å². The van der Waals surface area contributed by atoms with Crippen molar-refractivity contribution in [2.24, 2.45) is 5.92 Å². The third kappa shape index (κ3) is 4.78. The number of hydrogen-bond acceptors (Lipinski definition) is 6. The maximum atomic E-state index is 12.9. The minimum Gasteiger partial charge on any atom is -0.485 e. The Balaban J connectivity index is 1.45. The van der Waals surface area contributed by atoms with Crippen LogP contribution >= 0.6 is 0 Å². The molecule has 0 aliphatic carbocycles. The zero-order valence-electron chi connectivity index (χ0n) is 15.0. The molecule has 2 heterocycles. The van der Waals surface area contributed by atoms with E-state index in [-0.39, 0.29) is 24.2 Å². The second-order valence-corrected chi connectivity index (χ2v) is 6.63. The minimum atomic E-state index is -0.310. The molecular formula is C18H23FN4O3. The van der Waals surface area contributed by atoms with Crippen molar-refractivity contribution < 1.29 is 18.4 Å². The lowest BCUT2D eigenvalue weighted by Gasteiger charge is -2.31. The summed E-state index contributed by atoms with van der Waals surface area (Å²) in [6, 6.07) is 5.77. The number of likely N-dealkylation sites (tertiary alicyclic amines) is 1. The molecule has 1 fully saturated rings. The van der Waals surface area contributed by atoms with Gasteiger partial charge in [-0.1, -0.05) is 5.16 Å². The number of benzene rings is 1. The van der Waals surface area contributed by atoms with E-state index in [0.717, 1.165) is 25.9 Å². The lowest BCUT2D eigenvalue weighted by Crippen LogP contribution is -2.39. The van der Waals surface area contributed by atoms with Gasteiger partial charge < -0.3 is 14.2 Å². The molecule has 3 rings (SSSR count). The topological polar surface area (TPSA) is 71.7 Å². The van der Waals surface area contributed by atoms with E-state index in [1.807, 2.05) is 0 Å². The molecule has 0 bridgehead atoms. The van der Waals surface area contributed by atoms with Gasteiger partial charge in [0.15, 0.2) is 6.61 Å². The van der Waals surface area contributed by atoms with Gasteiger partial charge in [0.2, 0.25) is 17.6 Å². The average molecular weight is 362 g/mol. The first-order chi connectivity index (χ1) is 12.5. The van der Waals surface area contributed by atoms with Gasteiger partial charge in [0.05, 0.1) is 6.54 Å². The van der Waals surface area contributed by atoms with Crippen LogP contribution in [0.3, 0.4) is 0 Å². The second kappa shape index (κ2) is 8.27. The molecule has 0 radical (unpaired) electrons. The van der Waals surface area contributed by atoms with Gasteiger partial charge in [-0.25, -0.2) is 4.39 Å². The Bertz CT molecular complexity index is 724. The van der Waals surface area contributed by atoms with Crippen molar-refractivity contribution in [1.82, 2.24) is 19.9 Å². The predicted octanol–water partition coefficient (Wildman–Crippen LogP) is 2.09. The molecular weight excluding hydrogens is 339 g/mol. The largest absolute Gasteiger partial charge is 0.485 e. The molecule has 1 aromatic heterocycles. The summed E-state index contributed by atoms with van der Waals surface area (Å²) >= 11 is 0. The van der Waals surface area contributed by atoms with Crippen LogP contribution in [0.5, 0.6) is 5.75 Å². The smallest absolute Gasteiger partial charge is 0.240 e. The van der Waals surface area contributed by atoms with E-state index in [0.29, 0.717) is 24.0 Å². The van der Waals surface area contributed by atoms with Crippen LogP contribution in [0.1, 0.15) is 24.6 Å². The molecule has 1 aliphatic rings. The summed E-state index contributed by atoms with van der Waals surface area (Å²) in [5.41, 5.74) is 0. The molecule has 1 amide bonds. The number of rotatable bonds is 6. The molecule has 26 heavy (non-hydrogen) atoms. The van der Waals surface area contributed by atoms with E-state index in [4.69, 9.17) is 9.26 Å². The summed E-state index contributed by atoms with van der Waals surface area (Å²) in [6.07, 6.45) is 1.68. The van der Waals surface area contributed by atoms with Gasteiger partial charge in [0.1, 0.15) is 11.6 Å². The Morgan fingerprint density at radius 3 is 2.65 bits per heavy atom. The van der Waals surface area contributed by atoms with Gasteiger partial charge >= 0.3 is 0 Å². The Morgan fingerprint density at radius 1 is 1.31 bits per heavy atom. The lowest BCUT2D eigenvalue weighted by molar-refractivity contribution is -0.134. The number of nitrogens with zero attached hydrogens (tertiary/aromatic N) is 4. The van der Waals surface area contributed by atoms with Crippen LogP contribution in [0.4, 0.5) is 4.39 Å². The molecule has 7 nitrogen and oxygen atoms in total. The van der Waals surface area contributed by atoms with E-state index in [9.17, 15) is 9.18 Å². The molecule has 1 aromatic carbocycles. The van der Waals surface area contributed by atoms with Gasteiger partial charge in [-0.05, 0) is 50.2 Å². The summed E-state index contributed by atoms with van der Waals surface area (Å²) in [7, 11) is 3.59. The highest BCUT2D eigenvalue weighted by Crippen LogP contribution is 2.20. The van der Waals surface area contributed by atoms with Crippen molar-refractivity contribution in [3.05, 3.63) is 41.8 Å². The maximum Gasteiger partial charge on any atom is 0.240 e. The molecule has 0 atom stereocenters. The number of piperidine rings is 1. The van der Waals surface area contributed by atoms with Crippen molar-refractivity contribution >= 4 is 5.91 Å². The zero-order valence-corrected chi connectivity index (χ0v) is 15.0. The zero-order chi connectivity index (χ0) is 18.5. The third-order valence-corrected chi connectivity index (χ3v) is 4.43. The fourth-order valence-corrected chi connectivity index (χ4v) is 2.99. The average Bonchev–Trinajstić information content (AvgIpc) is 3.08. The molecule has 0 spiro atoms.